The van der Waals surface area contributed by atoms with Gasteiger partial charge in [-0.3, -0.25) is 0 Å². The summed E-state index contributed by atoms with van der Waals surface area (Å²) in [5.41, 5.74) is 1.13. The van der Waals surface area contributed by atoms with Gasteiger partial charge in [-0.25, -0.2) is 0 Å². The van der Waals surface area contributed by atoms with E-state index < -0.39 is 0 Å². The molecule has 0 heterocycles. The van der Waals surface area contributed by atoms with Crippen molar-refractivity contribution in [2.75, 3.05) is 13.2 Å². The fourth-order valence-electron chi connectivity index (χ4n) is 3.88. The molecule has 0 aliphatic rings. The van der Waals surface area contributed by atoms with Gasteiger partial charge >= 0.3 is 0 Å². The third-order valence-electron chi connectivity index (χ3n) is 5.74. The standard InChI is InChI=1S/C27H54O/c1-4-5-6-7-8-9-10-11-12-13-14-15-16-17-18-19-20-21-22-23-24-25-28-26-27(2)3/h2,4-26H2,1,3H3. The van der Waals surface area contributed by atoms with Crippen LogP contribution in [0, 0.1) is 0 Å². The monoisotopic (exact) mass is 394 g/mol. The lowest BCUT2D eigenvalue weighted by atomic mass is 10.0. The largest absolute Gasteiger partial charge is 0.377 e. The number of hydrogen-bond donors (Lipinski definition) is 0. The summed E-state index contributed by atoms with van der Waals surface area (Å²) in [5.74, 6) is 0. The lowest BCUT2D eigenvalue weighted by molar-refractivity contribution is 0.151. The van der Waals surface area contributed by atoms with E-state index in [1.807, 2.05) is 6.92 Å². The van der Waals surface area contributed by atoms with Crippen molar-refractivity contribution in [3.63, 3.8) is 0 Å². The van der Waals surface area contributed by atoms with Gasteiger partial charge in [-0.1, -0.05) is 147 Å². The van der Waals surface area contributed by atoms with E-state index in [9.17, 15) is 0 Å². The molecule has 0 unspecified atom stereocenters. The molecular formula is C27H54O. The van der Waals surface area contributed by atoms with Crippen LogP contribution < -0.4 is 0 Å². The SMILES string of the molecule is C=C(C)COCCCCCCCCCCCCCCCCCCCCCCC. The van der Waals surface area contributed by atoms with Crippen molar-refractivity contribution in [1.29, 1.82) is 0 Å². The van der Waals surface area contributed by atoms with Crippen molar-refractivity contribution in [1.82, 2.24) is 0 Å². The highest BCUT2D eigenvalue weighted by molar-refractivity contribution is 4.87. The van der Waals surface area contributed by atoms with Gasteiger partial charge in [0.1, 0.15) is 0 Å². The fourth-order valence-corrected chi connectivity index (χ4v) is 3.88. The first-order valence-electron chi connectivity index (χ1n) is 13.0. The zero-order chi connectivity index (χ0) is 20.5. The van der Waals surface area contributed by atoms with Gasteiger partial charge in [0.05, 0.1) is 6.61 Å². The van der Waals surface area contributed by atoms with Crippen LogP contribution in [0.1, 0.15) is 149 Å². The van der Waals surface area contributed by atoms with Crippen molar-refractivity contribution in [2.45, 2.75) is 149 Å². The number of ether oxygens (including phenoxy) is 1. The van der Waals surface area contributed by atoms with E-state index in [4.69, 9.17) is 4.74 Å². The molecule has 0 amide bonds. The summed E-state index contributed by atoms with van der Waals surface area (Å²) in [6.07, 6.45) is 30.2. The van der Waals surface area contributed by atoms with Crippen molar-refractivity contribution in [2.24, 2.45) is 0 Å². The van der Waals surface area contributed by atoms with Gasteiger partial charge in [0.2, 0.25) is 0 Å². The Morgan fingerprint density at radius 2 is 0.786 bits per heavy atom. The van der Waals surface area contributed by atoms with E-state index in [0.29, 0.717) is 0 Å². The maximum absolute atomic E-state index is 5.54. The molecule has 0 radical (unpaired) electrons. The molecule has 1 heteroatoms. The topological polar surface area (TPSA) is 9.23 Å². The molecule has 28 heavy (non-hydrogen) atoms. The van der Waals surface area contributed by atoms with Gasteiger partial charge in [-0.05, 0) is 13.3 Å². The summed E-state index contributed by atoms with van der Waals surface area (Å²) < 4.78 is 5.54. The van der Waals surface area contributed by atoms with E-state index in [1.165, 1.54) is 135 Å². The molecule has 1 nitrogen and oxygen atoms in total. The highest BCUT2D eigenvalue weighted by Crippen LogP contribution is 2.15. The van der Waals surface area contributed by atoms with Crippen LogP contribution in [0.3, 0.4) is 0 Å². The summed E-state index contributed by atoms with van der Waals surface area (Å²) >= 11 is 0. The molecule has 0 aromatic rings. The molecule has 0 aliphatic carbocycles. The fraction of sp³-hybridized carbons (Fsp3) is 0.926. The smallest absolute Gasteiger partial charge is 0.0671 e. The van der Waals surface area contributed by atoms with Gasteiger partial charge in [0.25, 0.3) is 0 Å². The van der Waals surface area contributed by atoms with Gasteiger partial charge in [0, 0.05) is 6.61 Å². The van der Waals surface area contributed by atoms with Crippen LogP contribution in [0.5, 0.6) is 0 Å². The highest BCUT2D eigenvalue weighted by Gasteiger charge is 1.96. The number of unbranched alkanes of at least 4 members (excludes halogenated alkanes) is 20. The Kier molecular flexibility index (Phi) is 24.5. The van der Waals surface area contributed by atoms with Crippen LogP contribution in [-0.4, -0.2) is 13.2 Å². The quantitative estimate of drug-likeness (QED) is 0.117. The van der Waals surface area contributed by atoms with Gasteiger partial charge in [-0.2, -0.15) is 0 Å². The molecule has 0 bridgehead atoms. The van der Waals surface area contributed by atoms with Crippen molar-refractivity contribution in [3.05, 3.63) is 12.2 Å². The van der Waals surface area contributed by atoms with E-state index in [2.05, 4.69) is 13.5 Å². The predicted molar refractivity (Wildman–Crippen MR) is 128 cm³/mol. The first kappa shape index (κ1) is 27.7. The van der Waals surface area contributed by atoms with Crippen LogP contribution in [-0.2, 0) is 4.74 Å². The van der Waals surface area contributed by atoms with Crippen molar-refractivity contribution >= 4 is 0 Å². The van der Waals surface area contributed by atoms with Gasteiger partial charge < -0.3 is 4.74 Å². The van der Waals surface area contributed by atoms with Crippen LogP contribution in [0.25, 0.3) is 0 Å². The summed E-state index contributed by atoms with van der Waals surface area (Å²) in [7, 11) is 0. The van der Waals surface area contributed by atoms with E-state index in [0.717, 1.165) is 18.8 Å². The Labute approximate surface area is 179 Å². The first-order valence-corrected chi connectivity index (χ1v) is 13.0. The Bertz CT molecular complexity index is 297. The third kappa shape index (κ3) is 25.7. The molecule has 0 aliphatic heterocycles. The van der Waals surface area contributed by atoms with Crippen molar-refractivity contribution < 1.29 is 4.74 Å². The minimum absolute atomic E-state index is 0.735. The molecule has 0 aromatic carbocycles. The first-order chi connectivity index (χ1) is 13.8. The molecule has 168 valence electrons. The minimum Gasteiger partial charge on any atom is -0.377 e. The normalized spacial score (nSPS) is 11.2. The molecule has 0 saturated carbocycles. The molecule has 0 saturated heterocycles. The van der Waals surface area contributed by atoms with E-state index >= 15 is 0 Å². The second-order valence-electron chi connectivity index (χ2n) is 9.08. The zero-order valence-corrected chi connectivity index (χ0v) is 19.9. The molecular weight excluding hydrogens is 340 g/mol. The number of rotatable bonds is 24. The van der Waals surface area contributed by atoms with Crippen molar-refractivity contribution in [3.8, 4) is 0 Å². The summed E-state index contributed by atoms with van der Waals surface area (Å²) in [6.45, 7) is 9.82. The maximum Gasteiger partial charge on any atom is 0.0671 e. The summed E-state index contributed by atoms with van der Waals surface area (Å²) in [4.78, 5) is 0. The molecule has 0 fully saturated rings. The Morgan fingerprint density at radius 3 is 1.07 bits per heavy atom. The average molecular weight is 395 g/mol. The Hall–Kier alpha value is -0.300. The minimum atomic E-state index is 0.735. The van der Waals surface area contributed by atoms with Gasteiger partial charge in [0.15, 0.2) is 0 Å². The highest BCUT2D eigenvalue weighted by atomic mass is 16.5. The molecule has 0 rings (SSSR count). The second kappa shape index (κ2) is 24.7. The van der Waals surface area contributed by atoms with Crippen LogP contribution in [0.2, 0.25) is 0 Å². The van der Waals surface area contributed by atoms with Crippen LogP contribution in [0.15, 0.2) is 12.2 Å². The summed E-state index contributed by atoms with van der Waals surface area (Å²) in [6, 6.07) is 0. The average Bonchev–Trinajstić information content (AvgIpc) is 2.68. The Balaban J connectivity index is 2.99. The van der Waals surface area contributed by atoms with Crippen LogP contribution >= 0.6 is 0 Å². The molecule has 0 spiro atoms. The molecule has 0 N–H and O–H groups in total. The number of hydrogen-bond acceptors (Lipinski definition) is 1. The zero-order valence-electron chi connectivity index (χ0n) is 19.9. The Morgan fingerprint density at radius 1 is 0.500 bits per heavy atom. The van der Waals surface area contributed by atoms with Crippen LogP contribution in [0.4, 0.5) is 0 Å². The van der Waals surface area contributed by atoms with Gasteiger partial charge in [-0.15, -0.1) is 0 Å². The lowest BCUT2D eigenvalue weighted by Gasteiger charge is -2.05. The second-order valence-corrected chi connectivity index (χ2v) is 9.08. The third-order valence-corrected chi connectivity index (χ3v) is 5.74. The maximum atomic E-state index is 5.54. The predicted octanol–water partition coefficient (Wildman–Crippen LogP) is 9.79. The van der Waals surface area contributed by atoms with E-state index in [1.54, 1.807) is 0 Å². The van der Waals surface area contributed by atoms with E-state index in [-0.39, 0.29) is 0 Å². The molecule has 0 aromatic heterocycles. The molecule has 0 atom stereocenters. The summed E-state index contributed by atoms with van der Waals surface area (Å²) in [5, 5.41) is 0. The lowest BCUT2D eigenvalue weighted by Crippen LogP contribution is -1.97.